The molecule has 0 spiro atoms. The Morgan fingerprint density at radius 1 is 1.12 bits per heavy atom. The normalized spacial score (nSPS) is 11.4. The lowest BCUT2D eigenvalue weighted by molar-refractivity contribution is 0.290. The van der Waals surface area contributed by atoms with Crippen molar-refractivity contribution < 1.29 is 13.2 Å². The zero-order valence-electron chi connectivity index (χ0n) is 12.6. The van der Waals surface area contributed by atoms with E-state index in [2.05, 4.69) is 31.5 Å². The average molecular weight is 409 g/mol. The van der Waals surface area contributed by atoms with Gasteiger partial charge in [0.15, 0.2) is 15.7 Å². The minimum atomic E-state index is -3.24. The molecule has 0 amide bonds. The molecule has 0 fully saturated rings. The lowest BCUT2D eigenvalue weighted by Crippen LogP contribution is -2.07. The summed E-state index contributed by atoms with van der Waals surface area (Å²) in [4.78, 5) is 0.241. The first kappa shape index (κ1) is 16.6. The van der Waals surface area contributed by atoms with Gasteiger partial charge in [0.05, 0.1) is 15.1 Å². The Morgan fingerprint density at radius 2 is 1.83 bits per heavy atom. The van der Waals surface area contributed by atoms with Gasteiger partial charge in [-0.25, -0.2) is 8.42 Å². The van der Waals surface area contributed by atoms with Crippen LogP contribution >= 0.6 is 15.9 Å². The summed E-state index contributed by atoms with van der Waals surface area (Å²) < 4.78 is 31.1. The quantitative estimate of drug-likeness (QED) is 0.643. The summed E-state index contributed by atoms with van der Waals surface area (Å²) in [7, 11) is -3.24. The second kappa shape index (κ2) is 6.70. The van der Waals surface area contributed by atoms with Crippen molar-refractivity contribution >= 4 is 25.8 Å². The molecule has 0 atom stereocenters. The number of para-hydroxylation sites is 1. The highest BCUT2D eigenvalue weighted by molar-refractivity contribution is 9.10. The Kier molecular flexibility index (Phi) is 4.63. The van der Waals surface area contributed by atoms with E-state index in [0.717, 1.165) is 10.7 Å². The molecule has 3 aromatic rings. The van der Waals surface area contributed by atoms with Crippen LogP contribution in [0.2, 0.25) is 0 Å². The lowest BCUT2D eigenvalue weighted by atomic mass is 10.3. The molecule has 0 unspecified atom stereocenters. The van der Waals surface area contributed by atoms with Gasteiger partial charge in [-0.3, -0.25) is 0 Å². The Balaban J connectivity index is 1.82. The van der Waals surface area contributed by atoms with Crippen LogP contribution < -0.4 is 4.74 Å². The summed E-state index contributed by atoms with van der Waals surface area (Å²) in [6, 6.07) is 13.8. The Morgan fingerprint density at radius 3 is 2.50 bits per heavy atom. The van der Waals surface area contributed by atoms with Crippen molar-refractivity contribution in [2.75, 3.05) is 6.26 Å². The topological polar surface area (TPSA) is 87.0 Å². The number of ether oxygens (including phenoxy) is 1. The van der Waals surface area contributed by atoms with Gasteiger partial charge in [0.2, 0.25) is 0 Å². The zero-order valence-corrected chi connectivity index (χ0v) is 15.0. The monoisotopic (exact) mass is 408 g/mol. The van der Waals surface area contributed by atoms with E-state index < -0.39 is 9.84 Å². The molecule has 1 heterocycles. The van der Waals surface area contributed by atoms with E-state index in [1.54, 1.807) is 12.1 Å². The van der Waals surface area contributed by atoms with Crippen molar-refractivity contribution in [3.8, 4) is 11.4 Å². The highest BCUT2D eigenvalue weighted by atomic mass is 79.9. The molecule has 1 aromatic heterocycles. The minimum Gasteiger partial charge on any atom is -0.484 e. The van der Waals surface area contributed by atoms with Crippen LogP contribution in [0.15, 0.2) is 57.9 Å². The number of hydrogen-bond acceptors (Lipinski definition) is 6. The predicted octanol–water partition coefficient (Wildman–Crippen LogP) is 2.41. The summed E-state index contributed by atoms with van der Waals surface area (Å²) in [5.41, 5.74) is 0.651. The molecular formula is C15H13BrN4O3S. The molecule has 0 aliphatic rings. The first-order valence-electron chi connectivity index (χ1n) is 6.90. The number of tetrazole rings is 1. The largest absolute Gasteiger partial charge is 0.484 e. The standard InChI is InChI=1S/C15H13BrN4O3S/c1-24(21,22)12-8-6-11(7-9-12)20-15(17-18-19-20)10-23-14-5-3-2-4-13(14)16/h2-9H,10H2,1H3. The number of rotatable bonds is 5. The maximum Gasteiger partial charge on any atom is 0.194 e. The van der Waals surface area contributed by atoms with E-state index in [0.29, 0.717) is 17.3 Å². The van der Waals surface area contributed by atoms with Gasteiger partial charge in [0, 0.05) is 6.26 Å². The van der Waals surface area contributed by atoms with E-state index in [-0.39, 0.29) is 11.5 Å². The average Bonchev–Trinajstić information content (AvgIpc) is 3.02. The SMILES string of the molecule is CS(=O)(=O)c1ccc(-n2nnnc2COc2ccccc2Br)cc1. The van der Waals surface area contributed by atoms with Crippen LogP contribution in [0.3, 0.4) is 0 Å². The summed E-state index contributed by atoms with van der Waals surface area (Å²) in [6.07, 6.45) is 1.16. The lowest BCUT2D eigenvalue weighted by Gasteiger charge is -2.08. The Labute approximate surface area is 147 Å². The first-order chi connectivity index (χ1) is 11.4. The molecule has 0 saturated carbocycles. The number of sulfone groups is 1. The van der Waals surface area contributed by atoms with Crippen molar-refractivity contribution in [3.63, 3.8) is 0 Å². The molecule has 0 radical (unpaired) electrons. The molecule has 124 valence electrons. The van der Waals surface area contributed by atoms with E-state index >= 15 is 0 Å². The molecule has 9 heteroatoms. The number of halogens is 1. The van der Waals surface area contributed by atoms with Crippen molar-refractivity contribution in [3.05, 3.63) is 58.8 Å². The van der Waals surface area contributed by atoms with Crippen molar-refractivity contribution in [2.45, 2.75) is 11.5 Å². The van der Waals surface area contributed by atoms with Gasteiger partial charge in [0.1, 0.15) is 12.4 Å². The summed E-state index contributed by atoms with van der Waals surface area (Å²) >= 11 is 3.41. The van der Waals surface area contributed by atoms with Gasteiger partial charge >= 0.3 is 0 Å². The molecule has 24 heavy (non-hydrogen) atoms. The molecule has 0 aliphatic carbocycles. The molecule has 3 rings (SSSR count). The summed E-state index contributed by atoms with van der Waals surface area (Å²) in [6.45, 7) is 0.170. The smallest absolute Gasteiger partial charge is 0.194 e. The van der Waals surface area contributed by atoms with Gasteiger partial charge in [-0.05, 0) is 62.8 Å². The van der Waals surface area contributed by atoms with Crippen molar-refractivity contribution in [2.24, 2.45) is 0 Å². The molecule has 0 aliphatic heterocycles. The maximum absolute atomic E-state index is 11.5. The number of benzene rings is 2. The molecule has 7 nitrogen and oxygen atoms in total. The Bertz CT molecular complexity index is 955. The highest BCUT2D eigenvalue weighted by Gasteiger charge is 2.12. The second-order valence-corrected chi connectivity index (χ2v) is 7.86. The van der Waals surface area contributed by atoms with Crippen LogP contribution in [0.4, 0.5) is 0 Å². The van der Waals surface area contributed by atoms with E-state index in [1.807, 2.05) is 24.3 Å². The third kappa shape index (κ3) is 3.62. The highest BCUT2D eigenvalue weighted by Crippen LogP contribution is 2.24. The van der Waals surface area contributed by atoms with Crippen LogP contribution in [-0.2, 0) is 16.4 Å². The van der Waals surface area contributed by atoms with Crippen LogP contribution in [0.5, 0.6) is 5.75 Å². The van der Waals surface area contributed by atoms with E-state index in [1.165, 1.54) is 16.8 Å². The third-order valence-corrected chi connectivity index (χ3v) is 5.02. The fourth-order valence-corrected chi connectivity index (χ4v) is 3.06. The van der Waals surface area contributed by atoms with Crippen LogP contribution in [-0.4, -0.2) is 34.9 Å². The molecule has 2 aromatic carbocycles. The Hall–Kier alpha value is -2.26. The van der Waals surface area contributed by atoms with Crippen molar-refractivity contribution in [1.82, 2.24) is 20.2 Å². The second-order valence-electron chi connectivity index (χ2n) is 4.99. The van der Waals surface area contributed by atoms with Gasteiger partial charge in [-0.1, -0.05) is 12.1 Å². The van der Waals surface area contributed by atoms with Gasteiger partial charge < -0.3 is 4.74 Å². The predicted molar refractivity (Wildman–Crippen MR) is 90.7 cm³/mol. The fraction of sp³-hybridized carbons (Fsp3) is 0.133. The summed E-state index contributed by atoms with van der Waals surface area (Å²) in [5, 5.41) is 11.5. The molecular weight excluding hydrogens is 396 g/mol. The number of hydrogen-bond donors (Lipinski definition) is 0. The van der Waals surface area contributed by atoms with Gasteiger partial charge in [0.25, 0.3) is 0 Å². The molecule has 0 bridgehead atoms. The van der Waals surface area contributed by atoms with Crippen LogP contribution in [0, 0.1) is 0 Å². The number of aromatic nitrogens is 4. The van der Waals surface area contributed by atoms with Crippen molar-refractivity contribution in [1.29, 1.82) is 0 Å². The van der Waals surface area contributed by atoms with Gasteiger partial charge in [-0.15, -0.1) is 5.10 Å². The third-order valence-electron chi connectivity index (χ3n) is 3.24. The molecule has 0 N–H and O–H groups in total. The van der Waals surface area contributed by atoms with Crippen LogP contribution in [0.25, 0.3) is 5.69 Å². The zero-order chi connectivity index (χ0) is 17.2. The first-order valence-corrected chi connectivity index (χ1v) is 9.58. The fourth-order valence-electron chi connectivity index (χ4n) is 2.03. The summed E-state index contributed by atoms with van der Waals surface area (Å²) in [5.74, 6) is 1.18. The maximum atomic E-state index is 11.5. The molecule has 0 saturated heterocycles. The van der Waals surface area contributed by atoms with Gasteiger partial charge in [-0.2, -0.15) is 4.68 Å². The number of nitrogens with zero attached hydrogens (tertiary/aromatic N) is 4. The van der Waals surface area contributed by atoms with E-state index in [4.69, 9.17) is 4.74 Å². The van der Waals surface area contributed by atoms with E-state index in [9.17, 15) is 8.42 Å². The van der Waals surface area contributed by atoms with Crippen LogP contribution in [0.1, 0.15) is 5.82 Å². The minimum absolute atomic E-state index is 0.170.